The third kappa shape index (κ3) is 4.53. The SMILES string of the molecule is C=CCn1c(SCc2csc(-c3ccc(OCC)c(OC)c3)n2)nc2sccc2c1=O. The molecule has 31 heavy (non-hydrogen) atoms. The molecule has 0 aliphatic rings. The quantitative estimate of drug-likeness (QED) is 0.183. The molecule has 0 unspecified atom stereocenters. The molecule has 160 valence electrons. The van der Waals surface area contributed by atoms with Crippen LogP contribution in [0.2, 0.25) is 0 Å². The van der Waals surface area contributed by atoms with Gasteiger partial charge >= 0.3 is 0 Å². The number of thiazole rings is 1. The summed E-state index contributed by atoms with van der Waals surface area (Å²) in [5.41, 5.74) is 1.88. The Morgan fingerprint density at radius 1 is 1.23 bits per heavy atom. The van der Waals surface area contributed by atoms with Crippen LogP contribution >= 0.6 is 34.4 Å². The van der Waals surface area contributed by atoms with E-state index in [0.29, 0.717) is 35.2 Å². The van der Waals surface area contributed by atoms with Crippen molar-refractivity contribution in [2.24, 2.45) is 0 Å². The van der Waals surface area contributed by atoms with Gasteiger partial charge in [0.2, 0.25) is 0 Å². The van der Waals surface area contributed by atoms with E-state index in [1.54, 1.807) is 29.1 Å². The maximum absolute atomic E-state index is 12.8. The molecule has 3 heterocycles. The zero-order chi connectivity index (χ0) is 21.8. The number of thiophene rings is 1. The Morgan fingerprint density at radius 2 is 2.10 bits per heavy atom. The second-order valence-corrected chi connectivity index (χ2v) is 9.16. The van der Waals surface area contributed by atoms with E-state index < -0.39 is 0 Å². The van der Waals surface area contributed by atoms with Gasteiger partial charge in [-0.05, 0) is 36.6 Å². The smallest absolute Gasteiger partial charge is 0.263 e. The van der Waals surface area contributed by atoms with Crippen LogP contribution in [-0.2, 0) is 12.3 Å². The van der Waals surface area contributed by atoms with Crippen LogP contribution in [0.25, 0.3) is 20.8 Å². The fourth-order valence-corrected chi connectivity index (χ4v) is 5.68. The predicted octanol–water partition coefficient (Wildman–Crippen LogP) is 5.47. The van der Waals surface area contributed by atoms with Gasteiger partial charge in [-0.15, -0.1) is 29.3 Å². The Hall–Kier alpha value is -2.62. The summed E-state index contributed by atoms with van der Waals surface area (Å²) in [5, 5.41) is 6.16. The van der Waals surface area contributed by atoms with E-state index in [0.717, 1.165) is 26.8 Å². The fraction of sp³-hybridized carbons (Fsp3) is 0.227. The summed E-state index contributed by atoms with van der Waals surface area (Å²) in [5.74, 6) is 2.02. The molecule has 0 N–H and O–H groups in total. The average Bonchev–Trinajstić information content (AvgIpc) is 3.45. The lowest BCUT2D eigenvalue weighted by molar-refractivity contribution is 0.311. The molecule has 4 aromatic rings. The Bertz CT molecular complexity index is 1280. The molecule has 0 aliphatic heterocycles. The van der Waals surface area contributed by atoms with Crippen molar-refractivity contribution in [3.8, 4) is 22.1 Å². The van der Waals surface area contributed by atoms with Crippen molar-refractivity contribution in [3.63, 3.8) is 0 Å². The third-order valence-corrected chi connectivity index (χ3v) is 7.23. The minimum Gasteiger partial charge on any atom is -0.493 e. The van der Waals surface area contributed by atoms with E-state index in [4.69, 9.17) is 14.5 Å². The van der Waals surface area contributed by atoms with E-state index >= 15 is 0 Å². The Kier molecular flexibility index (Phi) is 6.74. The summed E-state index contributed by atoms with van der Waals surface area (Å²) in [6.45, 7) is 6.72. The van der Waals surface area contributed by atoms with Crippen molar-refractivity contribution in [2.75, 3.05) is 13.7 Å². The largest absolute Gasteiger partial charge is 0.493 e. The van der Waals surface area contributed by atoms with E-state index in [-0.39, 0.29) is 5.56 Å². The molecule has 3 aromatic heterocycles. The molecule has 1 aromatic carbocycles. The van der Waals surface area contributed by atoms with Gasteiger partial charge in [0, 0.05) is 23.2 Å². The van der Waals surface area contributed by atoms with Crippen LogP contribution in [0, 0.1) is 0 Å². The highest BCUT2D eigenvalue weighted by Gasteiger charge is 2.14. The number of aromatic nitrogens is 3. The summed E-state index contributed by atoms with van der Waals surface area (Å²) in [7, 11) is 1.63. The number of hydrogen-bond donors (Lipinski definition) is 0. The fourth-order valence-electron chi connectivity index (χ4n) is 3.05. The first-order valence-corrected chi connectivity index (χ1v) is 12.4. The molecule has 0 radical (unpaired) electrons. The van der Waals surface area contributed by atoms with Crippen molar-refractivity contribution in [1.29, 1.82) is 0 Å². The lowest BCUT2D eigenvalue weighted by Gasteiger charge is -2.10. The first-order valence-electron chi connectivity index (χ1n) is 9.62. The van der Waals surface area contributed by atoms with Crippen molar-refractivity contribution in [1.82, 2.24) is 14.5 Å². The van der Waals surface area contributed by atoms with Gasteiger partial charge in [-0.2, -0.15) is 0 Å². The van der Waals surface area contributed by atoms with Crippen LogP contribution in [0.4, 0.5) is 0 Å². The molecule has 0 fully saturated rings. The zero-order valence-corrected chi connectivity index (χ0v) is 19.6. The molecule has 6 nitrogen and oxygen atoms in total. The normalized spacial score (nSPS) is 11.0. The Labute approximate surface area is 192 Å². The van der Waals surface area contributed by atoms with Gasteiger partial charge in [-0.25, -0.2) is 9.97 Å². The van der Waals surface area contributed by atoms with Crippen LogP contribution in [0.5, 0.6) is 11.5 Å². The molecular weight excluding hydrogens is 450 g/mol. The molecule has 0 atom stereocenters. The standard InChI is InChI=1S/C22H21N3O3S3/c1-4-9-25-21(26)16-8-10-29-20(16)24-22(25)31-13-15-12-30-19(23-15)14-6-7-17(28-5-2)18(11-14)27-3/h4,6-8,10-12H,1,5,9,13H2,2-3H3. The van der Waals surface area contributed by atoms with E-state index in [1.807, 2.05) is 41.9 Å². The highest BCUT2D eigenvalue weighted by molar-refractivity contribution is 7.98. The van der Waals surface area contributed by atoms with Crippen molar-refractivity contribution >= 4 is 44.7 Å². The highest BCUT2D eigenvalue weighted by Crippen LogP contribution is 2.34. The molecule has 0 amide bonds. The second-order valence-electron chi connectivity index (χ2n) is 6.47. The van der Waals surface area contributed by atoms with Gasteiger partial charge in [0.25, 0.3) is 5.56 Å². The van der Waals surface area contributed by atoms with Crippen LogP contribution in [0.3, 0.4) is 0 Å². The predicted molar refractivity (Wildman–Crippen MR) is 129 cm³/mol. The monoisotopic (exact) mass is 471 g/mol. The maximum atomic E-state index is 12.8. The molecule has 4 rings (SSSR count). The number of methoxy groups -OCH3 is 1. The summed E-state index contributed by atoms with van der Waals surface area (Å²) < 4.78 is 12.7. The van der Waals surface area contributed by atoms with Crippen LogP contribution in [0.1, 0.15) is 12.6 Å². The number of rotatable bonds is 9. The molecular formula is C22H21N3O3S3. The first-order chi connectivity index (χ1) is 15.1. The molecule has 0 aliphatic carbocycles. The van der Waals surface area contributed by atoms with Crippen molar-refractivity contribution in [3.05, 3.63) is 63.7 Å². The maximum Gasteiger partial charge on any atom is 0.263 e. The van der Waals surface area contributed by atoms with Gasteiger partial charge in [0.05, 0.1) is 24.8 Å². The second kappa shape index (κ2) is 9.67. The third-order valence-electron chi connectivity index (χ3n) is 4.47. The number of allylic oxidation sites excluding steroid dienone is 1. The zero-order valence-electron chi connectivity index (χ0n) is 17.2. The van der Waals surface area contributed by atoms with Crippen LogP contribution in [0.15, 0.2) is 57.6 Å². The lowest BCUT2D eigenvalue weighted by atomic mass is 10.2. The molecule has 0 saturated carbocycles. The summed E-state index contributed by atoms with van der Waals surface area (Å²) >= 11 is 4.56. The summed E-state index contributed by atoms with van der Waals surface area (Å²) in [4.78, 5) is 23.0. The number of thioether (sulfide) groups is 1. The van der Waals surface area contributed by atoms with E-state index in [9.17, 15) is 4.79 Å². The number of hydrogen-bond acceptors (Lipinski definition) is 8. The number of nitrogens with zero attached hydrogens (tertiary/aromatic N) is 3. The topological polar surface area (TPSA) is 66.2 Å². The Morgan fingerprint density at radius 3 is 2.87 bits per heavy atom. The summed E-state index contributed by atoms with van der Waals surface area (Å²) in [6, 6.07) is 7.65. The summed E-state index contributed by atoms with van der Waals surface area (Å²) in [6.07, 6.45) is 1.71. The minimum absolute atomic E-state index is 0.0332. The van der Waals surface area contributed by atoms with E-state index in [2.05, 4.69) is 11.6 Å². The molecule has 9 heteroatoms. The van der Waals surface area contributed by atoms with Crippen LogP contribution in [-0.4, -0.2) is 28.3 Å². The first kappa shape index (κ1) is 21.6. The van der Waals surface area contributed by atoms with Gasteiger partial charge in [-0.3, -0.25) is 9.36 Å². The minimum atomic E-state index is -0.0332. The van der Waals surface area contributed by atoms with Gasteiger partial charge in [0.1, 0.15) is 9.84 Å². The highest BCUT2D eigenvalue weighted by atomic mass is 32.2. The van der Waals surface area contributed by atoms with Crippen molar-refractivity contribution < 1.29 is 9.47 Å². The molecule has 0 saturated heterocycles. The van der Waals surface area contributed by atoms with Gasteiger partial charge in [0.15, 0.2) is 16.7 Å². The average molecular weight is 472 g/mol. The Balaban J connectivity index is 1.56. The molecule has 0 spiro atoms. The van der Waals surface area contributed by atoms with E-state index in [1.165, 1.54) is 23.1 Å². The van der Waals surface area contributed by atoms with Gasteiger partial charge < -0.3 is 9.47 Å². The number of fused-ring (bicyclic) bond motifs is 1. The van der Waals surface area contributed by atoms with Crippen LogP contribution < -0.4 is 15.0 Å². The van der Waals surface area contributed by atoms with Gasteiger partial charge in [-0.1, -0.05) is 17.8 Å². The lowest BCUT2D eigenvalue weighted by Crippen LogP contribution is -2.22. The number of benzene rings is 1. The van der Waals surface area contributed by atoms with Crippen molar-refractivity contribution in [2.45, 2.75) is 24.4 Å². The number of ether oxygens (including phenoxy) is 2. The molecule has 0 bridgehead atoms.